The molecule has 1 amide bonds. The molecule has 0 bridgehead atoms. The van der Waals surface area contributed by atoms with Crippen molar-refractivity contribution in [1.82, 2.24) is 15.1 Å². The lowest BCUT2D eigenvalue weighted by Crippen LogP contribution is -2.49. The smallest absolute Gasteiger partial charge is 0.234 e. The summed E-state index contributed by atoms with van der Waals surface area (Å²) in [6, 6.07) is 14.8. The van der Waals surface area contributed by atoms with Crippen LogP contribution in [0.5, 0.6) is 11.5 Å². The minimum absolute atomic E-state index is 0.140. The quantitative estimate of drug-likeness (QED) is 0.826. The van der Waals surface area contributed by atoms with E-state index in [1.54, 1.807) is 0 Å². The Morgan fingerprint density at radius 1 is 1.00 bits per heavy atom. The number of amides is 1. The van der Waals surface area contributed by atoms with Crippen LogP contribution in [0, 0.1) is 0 Å². The highest BCUT2D eigenvalue weighted by Gasteiger charge is 2.24. The number of carbonyl (C=O) groups excluding carboxylic acids is 1. The number of rotatable bonds is 5. The maximum absolute atomic E-state index is 12.7. The molecular formula is C24H29N3O3. The fourth-order valence-electron chi connectivity index (χ4n) is 4.75. The van der Waals surface area contributed by atoms with Crippen LogP contribution in [-0.4, -0.2) is 55.2 Å². The van der Waals surface area contributed by atoms with Crippen molar-refractivity contribution in [2.45, 2.75) is 31.8 Å². The fourth-order valence-corrected chi connectivity index (χ4v) is 4.75. The van der Waals surface area contributed by atoms with Crippen molar-refractivity contribution in [1.29, 1.82) is 0 Å². The van der Waals surface area contributed by atoms with E-state index in [9.17, 15) is 4.79 Å². The van der Waals surface area contributed by atoms with Gasteiger partial charge in [0.05, 0.1) is 12.6 Å². The van der Waals surface area contributed by atoms with Gasteiger partial charge in [-0.1, -0.05) is 30.3 Å². The van der Waals surface area contributed by atoms with Gasteiger partial charge in [-0.3, -0.25) is 14.6 Å². The topological polar surface area (TPSA) is 54.0 Å². The van der Waals surface area contributed by atoms with E-state index in [2.05, 4.69) is 51.5 Å². The Morgan fingerprint density at radius 2 is 1.80 bits per heavy atom. The highest BCUT2D eigenvalue weighted by molar-refractivity contribution is 5.78. The van der Waals surface area contributed by atoms with E-state index < -0.39 is 0 Å². The summed E-state index contributed by atoms with van der Waals surface area (Å²) in [5.74, 6) is 1.81. The van der Waals surface area contributed by atoms with Gasteiger partial charge in [0.2, 0.25) is 12.7 Å². The van der Waals surface area contributed by atoms with E-state index in [1.165, 1.54) is 16.7 Å². The molecule has 0 spiro atoms. The molecule has 6 nitrogen and oxygen atoms in total. The zero-order valence-corrected chi connectivity index (χ0v) is 17.3. The van der Waals surface area contributed by atoms with Gasteiger partial charge in [-0.05, 0) is 48.1 Å². The Labute approximate surface area is 177 Å². The first-order valence-corrected chi connectivity index (χ1v) is 10.9. The van der Waals surface area contributed by atoms with E-state index in [0.29, 0.717) is 13.3 Å². The molecular weight excluding hydrogens is 378 g/mol. The molecule has 1 saturated heterocycles. The monoisotopic (exact) mass is 407 g/mol. The predicted molar refractivity (Wildman–Crippen MR) is 115 cm³/mol. The highest BCUT2D eigenvalue weighted by atomic mass is 16.7. The molecule has 0 saturated carbocycles. The van der Waals surface area contributed by atoms with E-state index >= 15 is 0 Å². The maximum atomic E-state index is 12.7. The van der Waals surface area contributed by atoms with Crippen molar-refractivity contribution in [2.75, 3.05) is 39.5 Å². The number of nitrogens with one attached hydrogen (secondary N) is 1. The van der Waals surface area contributed by atoms with E-state index in [0.717, 1.165) is 63.5 Å². The number of hydrogen-bond donors (Lipinski definition) is 1. The Balaban J connectivity index is 1.09. The summed E-state index contributed by atoms with van der Waals surface area (Å²) in [6.07, 6.45) is 3.29. The molecule has 2 heterocycles. The Bertz CT molecular complexity index is 908. The Morgan fingerprint density at radius 3 is 2.70 bits per heavy atom. The second-order valence-corrected chi connectivity index (χ2v) is 8.45. The van der Waals surface area contributed by atoms with Crippen molar-refractivity contribution in [3.05, 3.63) is 59.2 Å². The van der Waals surface area contributed by atoms with Crippen molar-refractivity contribution < 1.29 is 14.3 Å². The van der Waals surface area contributed by atoms with Crippen LogP contribution in [0.15, 0.2) is 42.5 Å². The third-order valence-corrected chi connectivity index (χ3v) is 6.38. The summed E-state index contributed by atoms with van der Waals surface area (Å²) in [5.41, 5.74) is 3.92. The summed E-state index contributed by atoms with van der Waals surface area (Å²) >= 11 is 0. The first-order valence-electron chi connectivity index (χ1n) is 10.9. The highest BCUT2D eigenvalue weighted by Crippen LogP contribution is 2.33. The van der Waals surface area contributed by atoms with Crippen LogP contribution in [0.4, 0.5) is 0 Å². The van der Waals surface area contributed by atoms with E-state index in [-0.39, 0.29) is 11.9 Å². The van der Waals surface area contributed by atoms with Crippen molar-refractivity contribution in [3.8, 4) is 11.5 Å². The lowest BCUT2D eigenvalue weighted by Gasteiger charge is -2.35. The maximum Gasteiger partial charge on any atom is 0.234 e. The first kappa shape index (κ1) is 19.4. The molecule has 1 atom stereocenters. The van der Waals surface area contributed by atoms with Crippen molar-refractivity contribution in [3.63, 3.8) is 0 Å². The number of aryl methyl sites for hydroxylation is 1. The van der Waals surface area contributed by atoms with Crippen LogP contribution in [0.25, 0.3) is 0 Å². The Kier molecular flexibility index (Phi) is 5.60. The number of hydrogen-bond acceptors (Lipinski definition) is 5. The molecule has 2 aliphatic heterocycles. The lowest BCUT2D eigenvalue weighted by molar-refractivity contribution is -0.123. The standard InChI is InChI=1S/C24H29N3O3/c28-24(25-21-7-3-5-19-4-1-2-6-20(19)21)16-27-12-10-26(11-13-27)15-18-8-9-22-23(14-18)30-17-29-22/h1-2,4,6,8-9,14,21H,3,5,7,10-13,15-17H2,(H,25,28). The first-order chi connectivity index (χ1) is 14.7. The molecule has 2 aromatic carbocycles. The number of nitrogens with zero attached hydrogens (tertiary/aromatic N) is 2. The number of carbonyl (C=O) groups is 1. The summed E-state index contributed by atoms with van der Waals surface area (Å²) in [6.45, 7) is 5.46. The van der Waals surface area contributed by atoms with Crippen LogP contribution >= 0.6 is 0 Å². The van der Waals surface area contributed by atoms with Gasteiger partial charge in [0, 0.05) is 32.7 Å². The van der Waals surface area contributed by atoms with Crippen molar-refractivity contribution in [2.24, 2.45) is 0 Å². The van der Waals surface area contributed by atoms with E-state index in [1.807, 2.05) is 6.07 Å². The minimum atomic E-state index is 0.140. The number of ether oxygens (including phenoxy) is 2. The van der Waals surface area contributed by atoms with Crippen LogP contribution in [0.2, 0.25) is 0 Å². The second-order valence-electron chi connectivity index (χ2n) is 8.45. The van der Waals surface area contributed by atoms with Crippen LogP contribution in [0.3, 0.4) is 0 Å². The van der Waals surface area contributed by atoms with Gasteiger partial charge in [-0.2, -0.15) is 0 Å². The molecule has 5 rings (SSSR count). The number of piperazine rings is 1. The molecule has 1 aliphatic carbocycles. The molecule has 158 valence electrons. The van der Waals surface area contributed by atoms with Gasteiger partial charge in [0.25, 0.3) is 0 Å². The fraction of sp³-hybridized carbons (Fsp3) is 0.458. The zero-order valence-electron chi connectivity index (χ0n) is 17.3. The van der Waals surface area contributed by atoms with E-state index in [4.69, 9.17) is 9.47 Å². The van der Waals surface area contributed by atoms with Gasteiger partial charge in [-0.15, -0.1) is 0 Å². The van der Waals surface area contributed by atoms with Gasteiger partial charge in [0.15, 0.2) is 11.5 Å². The van der Waals surface area contributed by atoms with Gasteiger partial charge in [-0.25, -0.2) is 0 Å². The third-order valence-electron chi connectivity index (χ3n) is 6.38. The van der Waals surface area contributed by atoms with Crippen LogP contribution < -0.4 is 14.8 Å². The third kappa shape index (κ3) is 4.30. The number of fused-ring (bicyclic) bond motifs is 2. The lowest BCUT2D eigenvalue weighted by atomic mass is 9.88. The minimum Gasteiger partial charge on any atom is -0.454 e. The largest absolute Gasteiger partial charge is 0.454 e. The average molecular weight is 408 g/mol. The molecule has 30 heavy (non-hydrogen) atoms. The van der Waals surface area contributed by atoms with Crippen molar-refractivity contribution >= 4 is 5.91 Å². The summed E-state index contributed by atoms with van der Waals surface area (Å²) in [4.78, 5) is 17.4. The van der Waals surface area contributed by atoms with Gasteiger partial charge >= 0.3 is 0 Å². The average Bonchev–Trinajstić information content (AvgIpc) is 3.23. The van der Waals surface area contributed by atoms with Gasteiger partial charge in [0.1, 0.15) is 0 Å². The number of benzene rings is 2. The SMILES string of the molecule is O=C(CN1CCN(Cc2ccc3c(c2)OCO3)CC1)NC1CCCc2ccccc21. The molecule has 6 heteroatoms. The summed E-state index contributed by atoms with van der Waals surface area (Å²) in [7, 11) is 0. The van der Waals surface area contributed by atoms with Gasteiger partial charge < -0.3 is 14.8 Å². The molecule has 1 fully saturated rings. The molecule has 3 aliphatic rings. The summed E-state index contributed by atoms with van der Waals surface area (Å²) in [5, 5.41) is 3.28. The molecule has 0 radical (unpaired) electrons. The molecule has 1 unspecified atom stereocenters. The second kappa shape index (κ2) is 8.66. The summed E-state index contributed by atoms with van der Waals surface area (Å²) < 4.78 is 10.9. The normalized spacial score (nSPS) is 21.3. The van der Waals surface area contributed by atoms with Crippen LogP contribution in [0.1, 0.15) is 35.6 Å². The molecule has 2 aromatic rings. The predicted octanol–water partition coefficient (Wildman–Crippen LogP) is 2.73. The molecule has 0 aromatic heterocycles. The van der Waals surface area contributed by atoms with Crippen LogP contribution in [-0.2, 0) is 17.8 Å². The Hall–Kier alpha value is -2.57. The zero-order chi connectivity index (χ0) is 20.3. The molecule has 1 N–H and O–H groups in total.